The van der Waals surface area contributed by atoms with Crippen LogP contribution in [0.1, 0.15) is 47.5 Å². The molecular weight excluding hydrogens is 508 g/mol. The van der Waals surface area contributed by atoms with Gasteiger partial charge in [0.05, 0.1) is 23.5 Å². The predicted molar refractivity (Wildman–Crippen MR) is 129 cm³/mol. The van der Waals surface area contributed by atoms with Crippen LogP contribution < -0.4 is 0 Å². The van der Waals surface area contributed by atoms with Crippen LogP contribution in [0.15, 0.2) is 24.3 Å². The SMILES string of the molecule is C=C1/C=C/[C@H](O)[C@@]2(C)[C@H]3O[C@H]3[C@@H](OC(=O)CCC)[C@@](C)(O)[C@@H]2C(OC(C)=O)[C@]2(O)[C@@H](C)C(=O)O[C@H]2[C@H]1Cl. The van der Waals surface area contributed by atoms with Gasteiger partial charge in [0, 0.05) is 24.7 Å². The summed E-state index contributed by atoms with van der Waals surface area (Å²) in [7, 11) is 0. The van der Waals surface area contributed by atoms with Crippen LogP contribution in [0.4, 0.5) is 0 Å². The van der Waals surface area contributed by atoms with E-state index in [0.717, 1.165) is 6.92 Å². The van der Waals surface area contributed by atoms with Crippen LogP contribution in [-0.4, -0.2) is 86.4 Å². The first-order chi connectivity index (χ1) is 17.1. The van der Waals surface area contributed by atoms with Crippen LogP contribution in [0, 0.1) is 17.3 Å². The van der Waals surface area contributed by atoms with E-state index < -0.39 is 88.4 Å². The van der Waals surface area contributed by atoms with E-state index in [1.165, 1.54) is 26.0 Å². The number of hydrogen-bond donors (Lipinski definition) is 3. The fourth-order valence-electron chi connectivity index (χ4n) is 6.52. The van der Waals surface area contributed by atoms with E-state index in [-0.39, 0.29) is 12.0 Å². The Balaban J connectivity index is 1.96. The largest absolute Gasteiger partial charge is 0.459 e. The summed E-state index contributed by atoms with van der Waals surface area (Å²) in [6.07, 6.45) is -3.54. The highest BCUT2D eigenvalue weighted by molar-refractivity contribution is 6.23. The Morgan fingerprint density at radius 3 is 2.43 bits per heavy atom. The molecule has 0 radical (unpaired) electrons. The van der Waals surface area contributed by atoms with E-state index >= 15 is 0 Å². The lowest BCUT2D eigenvalue weighted by Crippen LogP contribution is -2.73. The van der Waals surface area contributed by atoms with E-state index in [1.807, 2.05) is 0 Å². The molecular formula is C26H35ClO10. The van der Waals surface area contributed by atoms with Crippen molar-refractivity contribution < 1.29 is 48.7 Å². The molecule has 37 heavy (non-hydrogen) atoms. The van der Waals surface area contributed by atoms with Gasteiger partial charge >= 0.3 is 17.9 Å². The minimum absolute atomic E-state index is 0.103. The van der Waals surface area contributed by atoms with Crippen molar-refractivity contribution in [3.8, 4) is 0 Å². The molecule has 4 rings (SSSR count). The molecule has 2 aliphatic heterocycles. The number of hydrogen-bond acceptors (Lipinski definition) is 10. The lowest BCUT2D eigenvalue weighted by atomic mass is 9.52. The van der Waals surface area contributed by atoms with Crippen LogP contribution in [-0.2, 0) is 33.3 Å². The number of fused-ring (bicyclic) bond motifs is 4. The van der Waals surface area contributed by atoms with Crippen molar-refractivity contribution in [2.24, 2.45) is 17.3 Å². The molecule has 3 fully saturated rings. The summed E-state index contributed by atoms with van der Waals surface area (Å²) >= 11 is 6.62. The Labute approximate surface area is 220 Å². The van der Waals surface area contributed by atoms with Crippen molar-refractivity contribution in [1.82, 2.24) is 0 Å². The smallest absolute Gasteiger partial charge is 0.312 e. The second-order valence-corrected chi connectivity index (χ2v) is 11.5. The van der Waals surface area contributed by atoms with Gasteiger partial charge in [-0.2, -0.15) is 0 Å². The van der Waals surface area contributed by atoms with Crippen LogP contribution in [0.3, 0.4) is 0 Å². The molecule has 2 heterocycles. The summed E-state index contributed by atoms with van der Waals surface area (Å²) in [6, 6.07) is 0. The third kappa shape index (κ3) is 4.12. The highest BCUT2D eigenvalue weighted by Crippen LogP contribution is 2.62. The van der Waals surface area contributed by atoms with Crippen molar-refractivity contribution in [3.63, 3.8) is 0 Å². The highest BCUT2D eigenvalue weighted by Gasteiger charge is 2.78. The molecule has 0 aromatic carbocycles. The third-order valence-electron chi connectivity index (χ3n) is 8.57. The van der Waals surface area contributed by atoms with E-state index in [9.17, 15) is 29.7 Å². The molecule has 10 nitrogen and oxygen atoms in total. The highest BCUT2D eigenvalue weighted by atomic mass is 35.5. The number of epoxide rings is 1. The van der Waals surface area contributed by atoms with E-state index in [0.29, 0.717) is 6.42 Å². The summed E-state index contributed by atoms with van der Waals surface area (Å²) in [5, 5.41) is 34.7. The average Bonchev–Trinajstić information content (AvgIpc) is 3.57. The molecule has 0 aromatic rings. The fraction of sp³-hybridized carbons (Fsp3) is 0.731. The molecule has 0 spiro atoms. The van der Waals surface area contributed by atoms with Gasteiger partial charge < -0.3 is 34.3 Å². The third-order valence-corrected chi connectivity index (χ3v) is 9.08. The number of esters is 3. The van der Waals surface area contributed by atoms with Crippen molar-refractivity contribution in [2.75, 3.05) is 0 Å². The van der Waals surface area contributed by atoms with Gasteiger partial charge in [-0.1, -0.05) is 32.6 Å². The summed E-state index contributed by atoms with van der Waals surface area (Å²) in [5.74, 6) is -4.71. The predicted octanol–water partition coefficient (Wildman–Crippen LogP) is 1.17. The van der Waals surface area contributed by atoms with Crippen LogP contribution >= 0.6 is 11.6 Å². The topological polar surface area (TPSA) is 152 Å². The lowest BCUT2D eigenvalue weighted by molar-refractivity contribution is -0.257. The maximum absolute atomic E-state index is 12.8. The quantitative estimate of drug-likeness (QED) is 0.204. The number of ether oxygens (including phenoxy) is 4. The molecule has 0 aromatic heterocycles. The van der Waals surface area contributed by atoms with Gasteiger partial charge in [-0.15, -0.1) is 11.6 Å². The number of halogens is 1. The fourth-order valence-corrected chi connectivity index (χ4v) is 6.85. The van der Waals surface area contributed by atoms with Gasteiger partial charge in [0.1, 0.15) is 17.8 Å². The zero-order chi connectivity index (χ0) is 27.7. The maximum atomic E-state index is 12.8. The van der Waals surface area contributed by atoms with Crippen molar-refractivity contribution in [3.05, 3.63) is 24.3 Å². The molecule has 0 amide bonds. The van der Waals surface area contributed by atoms with Crippen molar-refractivity contribution in [1.29, 1.82) is 0 Å². The van der Waals surface area contributed by atoms with Crippen LogP contribution in [0.2, 0.25) is 0 Å². The second kappa shape index (κ2) is 9.34. The van der Waals surface area contributed by atoms with Gasteiger partial charge in [-0.25, -0.2) is 0 Å². The first kappa shape index (κ1) is 28.0. The maximum Gasteiger partial charge on any atom is 0.312 e. The Kier molecular flexibility index (Phi) is 7.08. The second-order valence-electron chi connectivity index (χ2n) is 11.0. The molecule has 2 saturated heterocycles. The number of allylic oxidation sites excluding steroid dienone is 1. The molecule has 11 heteroatoms. The lowest BCUT2D eigenvalue weighted by Gasteiger charge is -2.56. The minimum atomic E-state index is -2.25. The average molecular weight is 543 g/mol. The zero-order valence-electron chi connectivity index (χ0n) is 21.5. The van der Waals surface area contributed by atoms with E-state index in [2.05, 4.69) is 6.58 Å². The Bertz CT molecular complexity index is 1020. The Morgan fingerprint density at radius 2 is 1.84 bits per heavy atom. The number of aliphatic hydroxyl groups is 3. The summed E-state index contributed by atoms with van der Waals surface area (Å²) < 4.78 is 22.8. The van der Waals surface area contributed by atoms with Gasteiger partial charge in [0.15, 0.2) is 17.8 Å². The van der Waals surface area contributed by atoms with Gasteiger partial charge in [0.25, 0.3) is 0 Å². The normalized spacial score (nSPS) is 49.6. The standard InChI is InChI=1S/C26H35ClO10/c1-7-8-15(30)35-21-17-20(36-17)24(5)14(29)10-9-11(2)16(27)19-26(33,12(3)23(31)37-19)22(34-13(4)28)18(24)25(21,6)32/h9-10,12,14,16-22,29,32-33H,2,7-8H2,1,3-6H3/b10-9+/t12-,14-,16-,17+,18+,19-,20-,21+,22?,24+,25-,26-/m0/s1. The summed E-state index contributed by atoms with van der Waals surface area (Å²) in [4.78, 5) is 37.8. The van der Waals surface area contributed by atoms with E-state index in [1.54, 1.807) is 13.8 Å². The van der Waals surface area contributed by atoms with Crippen LogP contribution in [0.5, 0.6) is 0 Å². The number of carbonyl (C=O) groups is 3. The van der Waals surface area contributed by atoms with Crippen molar-refractivity contribution >= 4 is 29.5 Å². The molecule has 1 saturated carbocycles. The van der Waals surface area contributed by atoms with Crippen molar-refractivity contribution in [2.45, 2.75) is 101 Å². The van der Waals surface area contributed by atoms with E-state index in [4.69, 9.17) is 30.5 Å². The molecule has 2 aliphatic carbocycles. The van der Waals surface area contributed by atoms with Gasteiger partial charge in [0.2, 0.25) is 0 Å². The first-order valence-corrected chi connectivity index (χ1v) is 12.9. The monoisotopic (exact) mass is 542 g/mol. The number of rotatable bonds is 4. The number of carbonyl (C=O) groups excluding carboxylic acids is 3. The summed E-state index contributed by atoms with van der Waals surface area (Å²) in [6.45, 7) is 11.3. The Morgan fingerprint density at radius 1 is 1.19 bits per heavy atom. The molecule has 0 bridgehead atoms. The minimum Gasteiger partial charge on any atom is -0.459 e. The van der Waals surface area contributed by atoms with Gasteiger partial charge in [-0.3, -0.25) is 14.4 Å². The molecule has 12 atom stereocenters. The molecule has 206 valence electrons. The zero-order valence-corrected chi connectivity index (χ0v) is 22.3. The van der Waals surface area contributed by atoms with Crippen LogP contribution in [0.25, 0.3) is 0 Å². The molecule has 3 N–H and O–H groups in total. The summed E-state index contributed by atoms with van der Waals surface area (Å²) in [5.41, 5.74) is -5.40. The first-order valence-electron chi connectivity index (χ1n) is 12.5. The van der Waals surface area contributed by atoms with Gasteiger partial charge in [-0.05, 0) is 25.8 Å². The Hall–Kier alpha value is -1.98. The number of aliphatic hydroxyl groups excluding tert-OH is 1. The molecule has 1 unspecified atom stereocenters. The number of alkyl halides is 1. The molecule has 4 aliphatic rings.